The van der Waals surface area contributed by atoms with E-state index in [0.717, 1.165) is 26.4 Å². The molecule has 3 nitrogen and oxygen atoms in total. The number of nitrogens with one attached hydrogen (secondary N) is 1. The minimum Gasteiger partial charge on any atom is -0.338 e. The van der Waals surface area contributed by atoms with Crippen molar-refractivity contribution in [1.82, 2.24) is 9.38 Å². The van der Waals surface area contributed by atoms with E-state index in [-0.39, 0.29) is 5.56 Å². The van der Waals surface area contributed by atoms with Crippen molar-refractivity contribution in [3.05, 3.63) is 82.1 Å². The Hall–Kier alpha value is -2.60. The van der Waals surface area contributed by atoms with Gasteiger partial charge in [0.1, 0.15) is 17.3 Å². The highest BCUT2D eigenvalue weighted by Crippen LogP contribution is 2.41. The van der Waals surface area contributed by atoms with Gasteiger partial charge in [-0.25, -0.2) is 9.37 Å². The molecule has 0 amide bonds. The molecular formula is C22H14Cl2FN3S. The number of hydrogen-bond donors (Lipinski definition) is 1. The van der Waals surface area contributed by atoms with Crippen molar-refractivity contribution < 1.29 is 4.39 Å². The first-order valence-corrected chi connectivity index (χ1v) is 10.5. The maximum absolute atomic E-state index is 14.8. The zero-order valence-electron chi connectivity index (χ0n) is 15.2. The Morgan fingerprint density at radius 1 is 0.966 bits per heavy atom. The Balaban J connectivity index is 1.85. The number of thiazole rings is 1. The Kier molecular flexibility index (Phi) is 4.46. The topological polar surface area (TPSA) is 29.3 Å². The molecule has 0 spiro atoms. The third-order valence-electron chi connectivity index (χ3n) is 4.82. The van der Waals surface area contributed by atoms with E-state index in [1.165, 1.54) is 17.4 Å². The summed E-state index contributed by atoms with van der Waals surface area (Å²) in [5.74, 6) is 0.201. The van der Waals surface area contributed by atoms with Gasteiger partial charge >= 0.3 is 0 Å². The number of imidazole rings is 1. The predicted octanol–water partition coefficient (Wildman–Crippen LogP) is 7.71. The number of benzene rings is 3. The Bertz CT molecular complexity index is 1350. The van der Waals surface area contributed by atoms with E-state index in [1.807, 2.05) is 53.8 Å². The van der Waals surface area contributed by atoms with Gasteiger partial charge in [0.2, 0.25) is 0 Å². The standard InChI is InChI=1S/C22H14Cl2FN3S/c1-12-6-4-8-14(24)19(12)26-21-20(18-13(23)7-5-9-15(18)25)27-22-28(21)16-10-2-3-11-17(16)29-22/h2-11,26H,1H3. The molecule has 0 aliphatic heterocycles. The maximum Gasteiger partial charge on any atom is 0.197 e. The van der Waals surface area contributed by atoms with Gasteiger partial charge in [0.25, 0.3) is 0 Å². The van der Waals surface area contributed by atoms with E-state index in [4.69, 9.17) is 28.2 Å². The molecule has 1 N–H and O–H groups in total. The van der Waals surface area contributed by atoms with Crippen molar-refractivity contribution in [1.29, 1.82) is 0 Å². The first kappa shape index (κ1) is 18.4. The van der Waals surface area contributed by atoms with Crippen molar-refractivity contribution in [2.24, 2.45) is 0 Å². The highest BCUT2D eigenvalue weighted by molar-refractivity contribution is 7.23. The molecule has 29 heavy (non-hydrogen) atoms. The molecule has 0 saturated heterocycles. The van der Waals surface area contributed by atoms with Gasteiger partial charge in [-0.3, -0.25) is 4.40 Å². The fraction of sp³-hybridized carbons (Fsp3) is 0.0455. The molecular weight excluding hydrogens is 428 g/mol. The number of nitrogens with zero attached hydrogens (tertiary/aromatic N) is 2. The molecule has 3 aromatic carbocycles. The van der Waals surface area contributed by atoms with Crippen molar-refractivity contribution in [3.8, 4) is 11.3 Å². The Morgan fingerprint density at radius 2 is 1.72 bits per heavy atom. The van der Waals surface area contributed by atoms with Gasteiger partial charge < -0.3 is 5.32 Å². The van der Waals surface area contributed by atoms with E-state index < -0.39 is 5.82 Å². The number of aromatic nitrogens is 2. The van der Waals surface area contributed by atoms with E-state index >= 15 is 0 Å². The lowest BCUT2D eigenvalue weighted by atomic mass is 10.1. The van der Waals surface area contributed by atoms with Crippen LogP contribution in [0.25, 0.3) is 26.4 Å². The molecule has 2 heterocycles. The number of para-hydroxylation sites is 2. The van der Waals surface area contributed by atoms with Gasteiger partial charge in [0.05, 0.1) is 31.5 Å². The van der Waals surface area contributed by atoms with Gasteiger partial charge in [-0.1, -0.05) is 64.9 Å². The summed E-state index contributed by atoms with van der Waals surface area (Å²) >= 11 is 14.4. The highest BCUT2D eigenvalue weighted by atomic mass is 35.5. The van der Waals surface area contributed by atoms with Crippen LogP contribution in [0.5, 0.6) is 0 Å². The zero-order valence-corrected chi connectivity index (χ0v) is 17.5. The number of halogens is 3. The lowest BCUT2D eigenvalue weighted by Crippen LogP contribution is -2.00. The minimum absolute atomic E-state index is 0.265. The molecule has 0 radical (unpaired) electrons. The van der Waals surface area contributed by atoms with Crippen LogP contribution in [0.3, 0.4) is 0 Å². The summed E-state index contributed by atoms with van der Waals surface area (Å²) in [6.07, 6.45) is 0. The molecule has 0 aliphatic rings. The Morgan fingerprint density at radius 3 is 2.52 bits per heavy atom. The Labute approximate surface area is 180 Å². The molecule has 0 bridgehead atoms. The minimum atomic E-state index is -0.425. The average molecular weight is 442 g/mol. The smallest absolute Gasteiger partial charge is 0.197 e. The normalized spacial score (nSPS) is 11.4. The lowest BCUT2D eigenvalue weighted by Gasteiger charge is -2.13. The fourth-order valence-corrected chi connectivity index (χ4v) is 4.99. The molecule has 5 aromatic rings. The summed E-state index contributed by atoms with van der Waals surface area (Å²) in [5.41, 5.74) is 3.41. The third kappa shape index (κ3) is 2.97. The summed E-state index contributed by atoms with van der Waals surface area (Å²) in [6.45, 7) is 1.97. The van der Waals surface area contributed by atoms with E-state index in [2.05, 4.69) is 5.32 Å². The van der Waals surface area contributed by atoms with Crippen LogP contribution >= 0.6 is 34.5 Å². The number of anilines is 2. The SMILES string of the molecule is Cc1cccc(Cl)c1Nc1c(-c2c(F)cccc2Cl)nc2sc3ccccc3n12. The molecule has 144 valence electrons. The number of hydrogen-bond acceptors (Lipinski definition) is 3. The summed E-state index contributed by atoms with van der Waals surface area (Å²) in [5, 5.41) is 4.29. The predicted molar refractivity (Wildman–Crippen MR) is 120 cm³/mol. The molecule has 2 aromatic heterocycles. The van der Waals surface area contributed by atoms with E-state index in [1.54, 1.807) is 12.1 Å². The fourth-order valence-electron chi connectivity index (χ4n) is 3.44. The van der Waals surface area contributed by atoms with Crippen LogP contribution in [-0.4, -0.2) is 9.38 Å². The van der Waals surface area contributed by atoms with Gasteiger partial charge in [-0.15, -0.1) is 0 Å². The second-order valence-corrected chi connectivity index (χ2v) is 8.47. The van der Waals surface area contributed by atoms with Crippen LogP contribution < -0.4 is 5.32 Å². The van der Waals surface area contributed by atoms with Crippen LogP contribution in [0.15, 0.2) is 60.7 Å². The van der Waals surface area contributed by atoms with Crippen molar-refractivity contribution in [3.63, 3.8) is 0 Å². The summed E-state index contributed by atoms with van der Waals surface area (Å²) in [7, 11) is 0. The first-order chi connectivity index (χ1) is 14.0. The molecule has 0 atom stereocenters. The molecule has 7 heteroatoms. The molecule has 0 fully saturated rings. The highest BCUT2D eigenvalue weighted by Gasteiger charge is 2.23. The lowest BCUT2D eigenvalue weighted by molar-refractivity contribution is 0.631. The largest absolute Gasteiger partial charge is 0.338 e. The van der Waals surface area contributed by atoms with Crippen LogP contribution in [0.2, 0.25) is 10.0 Å². The zero-order chi connectivity index (χ0) is 20.1. The molecule has 0 unspecified atom stereocenters. The second kappa shape index (κ2) is 7.02. The van der Waals surface area contributed by atoms with E-state index in [9.17, 15) is 4.39 Å². The quantitative estimate of drug-likeness (QED) is 0.310. The van der Waals surface area contributed by atoms with Crippen LogP contribution in [0.1, 0.15) is 5.56 Å². The molecule has 0 saturated carbocycles. The van der Waals surface area contributed by atoms with Crippen molar-refractivity contribution in [2.45, 2.75) is 6.92 Å². The average Bonchev–Trinajstić information content (AvgIpc) is 3.21. The molecule has 5 rings (SSSR count). The third-order valence-corrected chi connectivity index (χ3v) is 6.47. The van der Waals surface area contributed by atoms with E-state index in [0.29, 0.717) is 21.6 Å². The van der Waals surface area contributed by atoms with Crippen molar-refractivity contribution >= 4 is 61.2 Å². The monoisotopic (exact) mass is 441 g/mol. The summed E-state index contributed by atoms with van der Waals surface area (Å²) < 4.78 is 17.8. The van der Waals surface area contributed by atoms with Crippen LogP contribution in [0.4, 0.5) is 15.9 Å². The number of fused-ring (bicyclic) bond motifs is 3. The summed E-state index contributed by atoms with van der Waals surface area (Å²) in [6, 6.07) is 18.3. The summed E-state index contributed by atoms with van der Waals surface area (Å²) in [4.78, 5) is 5.49. The van der Waals surface area contributed by atoms with Crippen LogP contribution in [0, 0.1) is 12.7 Å². The van der Waals surface area contributed by atoms with Gasteiger partial charge in [-0.05, 0) is 42.8 Å². The van der Waals surface area contributed by atoms with Crippen LogP contribution in [-0.2, 0) is 0 Å². The maximum atomic E-state index is 14.8. The number of aryl methyl sites for hydroxylation is 1. The number of rotatable bonds is 3. The molecule has 0 aliphatic carbocycles. The van der Waals surface area contributed by atoms with Gasteiger partial charge in [0.15, 0.2) is 4.96 Å². The van der Waals surface area contributed by atoms with Gasteiger partial charge in [0, 0.05) is 0 Å². The van der Waals surface area contributed by atoms with Crippen molar-refractivity contribution in [2.75, 3.05) is 5.32 Å². The first-order valence-electron chi connectivity index (χ1n) is 8.91. The van der Waals surface area contributed by atoms with Gasteiger partial charge in [-0.2, -0.15) is 0 Å². The second-order valence-electron chi connectivity index (χ2n) is 6.65.